The summed E-state index contributed by atoms with van der Waals surface area (Å²) in [5.74, 6) is 0.394. The monoisotopic (exact) mass is 430 g/mol. The van der Waals surface area contributed by atoms with E-state index < -0.39 is 11.0 Å². The van der Waals surface area contributed by atoms with E-state index >= 15 is 0 Å². The number of aliphatic hydroxyl groups is 1. The van der Waals surface area contributed by atoms with Gasteiger partial charge in [0.2, 0.25) is 0 Å². The molecule has 8 atom stereocenters. The fourth-order valence-corrected chi connectivity index (χ4v) is 7.60. The van der Waals surface area contributed by atoms with Gasteiger partial charge in [0, 0.05) is 18.4 Å². The van der Waals surface area contributed by atoms with E-state index in [2.05, 4.69) is 20.8 Å². The molecular formula is C25H34O6. The molecule has 0 aromatic carbocycles. The molecule has 2 saturated carbocycles. The molecule has 0 bridgehead atoms. The number of esters is 2. The third-order valence-electron chi connectivity index (χ3n) is 9.17. The summed E-state index contributed by atoms with van der Waals surface area (Å²) in [7, 11) is 0. The van der Waals surface area contributed by atoms with Crippen LogP contribution in [0, 0.1) is 22.7 Å². The smallest absolute Gasteiger partial charge is 0.336 e. The maximum atomic E-state index is 12.7. The van der Waals surface area contributed by atoms with E-state index in [-0.39, 0.29) is 47.0 Å². The highest BCUT2D eigenvalue weighted by atomic mass is 16.6. The van der Waals surface area contributed by atoms with Crippen molar-refractivity contribution in [2.45, 2.75) is 96.6 Å². The molecule has 0 aromatic heterocycles. The number of carbonyl (C=O) groups excluding carboxylic acids is 2. The zero-order valence-corrected chi connectivity index (χ0v) is 19.2. The van der Waals surface area contributed by atoms with Gasteiger partial charge in [-0.15, -0.1) is 0 Å². The molecular weight excluding hydrogens is 396 g/mol. The molecule has 5 rings (SSSR count). The molecule has 0 unspecified atom stereocenters. The zero-order chi connectivity index (χ0) is 22.4. The fourth-order valence-electron chi connectivity index (χ4n) is 7.60. The molecule has 0 spiro atoms. The molecule has 0 amide bonds. The molecule has 6 heteroatoms. The first-order chi connectivity index (χ1) is 14.4. The van der Waals surface area contributed by atoms with E-state index in [0.29, 0.717) is 12.2 Å². The Morgan fingerprint density at radius 3 is 2.61 bits per heavy atom. The Morgan fingerprint density at radius 2 is 1.94 bits per heavy atom. The minimum Gasteiger partial charge on any atom is -0.461 e. The predicted octanol–water partition coefficient (Wildman–Crippen LogP) is 3.82. The SMILES string of the molecule is CC1=CC(=O)O/C1=C\[C@H]1O[C@@]1(C)CC[C@@H]1[C@@]2(C)CCC[C@@]3(C)C(=O)O[C@@H](C[C@@]1(C)O)[C@H]23. The number of ether oxygens (including phenoxy) is 3. The van der Waals surface area contributed by atoms with Crippen molar-refractivity contribution in [3.8, 4) is 0 Å². The van der Waals surface area contributed by atoms with Gasteiger partial charge in [0.25, 0.3) is 0 Å². The standard InChI is InChI=1S/C25H34O6/c1-14-11-19(26)29-15(14)12-18-25(5,31-18)10-7-17-22(2)8-6-9-23(3)20(22)16(30-21(23)27)13-24(17,4)28/h11-12,16-18,20,28H,6-10,13H2,1-5H3/b15-12-/t16-,17+,18+,20+,22+,23+,24+,25-/m0/s1. The second-order valence-corrected chi connectivity index (χ2v) is 11.5. The molecule has 0 aromatic rings. The van der Waals surface area contributed by atoms with E-state index in [4.69, 9.17) is 14.2 Å². The second kappa shape index (κ2) is 6.44. The first-order valence-electron chi connectivity index (χ1n) is 11.6. The van der Waals surface area contributed by atoms with Crippen LogP contribution in [0.4, 0.5) is 0 Å². The quantitative estimate of drug-likeness (QED) is 0.539. The number of allylic oxidation sites excluding steroid dienone is 1. The van der Waals surface area contributed by atoms with Crippen molar-refractivity contribution in [2.75, 3.05) is 0 Å². The van der Waals surface area contributed by atoms with Gasteiger partial charge in [-0.3, -0.25) is 4.79 Å². The molecule has 3 aliphatic heterocycles. The Labute approximate surface area is 184 Å². The molecule has 6 nitrogen and oxygen atoms in total. The summed E-state index contributed by atoms with van der Waals surface area (Å²) in [4.78, 5) is 24.2. The summed E-state index contributed by atoms with van der Waals surface area (Å²) in [6.45, 7) is 10.2. The van der Waals surface area contributed by atoms with Crippen LogP contribution in [0.1, 0.15) is 73.1 Å². The van der Waals surface area contributed by atoms with Crippen molar-refractivity contribution < 1.29 is 28.9 Å². The highest BCUT2D eigenvalue weighted by Gasteiger charge is 2.69. The lowest BCUT2D eigenvalue weighted by Gasteiger charge is -2.59. The van der Waals surface area contributed by atoms with Crippen molar-refractivity contribution >= 4 is 11.9 Å². The van der Waals surface area contributed by atoms with E-state index in [1.54, 1.807) is 0 Å². The first kappa shape index (κ1) is 21.2. The lowest BCUT2D eigenvalue weighted by atomic mass is 9.44. The van der Waals surface area contributed by atoms with Crippen LogP contribution >= 0.6 is 0 Å². The normalized spacial score (nSPS) is 51.9. The largest absolute Gasteiger partial charge is 0.461 e. The van der Waals surface area contributed by atoms with Crippen molar-refractivity contribution in [3.05, 3.63) is 23.5 Å². The van der Waals surface area contributed by atoms with Gasteiger partial charge < -0.3 is 19.3 Å². The number of hydrogen-bond acceptors (Lipinski definition) is 6. The highest BCUT2D eigenvalue weighted by molar-refractivity contribution is 5.88. The number of carbonyl (C=O) groups is 2. The van der Waals surface area contributed by atoms with Crippen molar-refractivity contribution in [1.82, 2.24) is 0 Å². The molecule has 3 heterocycles. The molecule has 0 radical (unpaired) electrons. The van der Waals surface area contributed by atoms with Crippen LogP contribution in [0.25, 0.3) is 0 Å². The van der Waals surface area contributed by atoms with Gasteiger partial charge in [-0.1, -0.05) is 13.3 Å². The maximum Gasteiger partial charge on any atom is 0.336 e. The third-order valence-corrected chi connectivity index (χ3v) is 9.17. The van der Waals surface area contributed by atoms with E-state index in [0.717, 1.165) is 37.7 Å². The molecule has 1 N–H and O–H groups in total. The van der Waals surface area contributed by atoms with E-state index in [9.17, 15) is 14.7 Å². The van der Waals surface area contributed by atoms with Crippen molar-refractivity contribution in [3.63, 3.8) is 0 Å². The second-order valence-electron chi connectivity index (χ2n) is 11.5. The topological polar surface area (TPSA) is 85.4 Å². The van der Waals surface area contributed by atoms with Crippen LogP contribution in [0.3, 0.4) is 0 Å². The Morgan fingerprint density at radius 1 is 1.19 bits per heavy atom. The summed E-state index contributed by atoms with van der Waals surface area (Å²) in [5, 5.41) is 11.5. The Kier molecular flexibility index (Phi) is 4.41. The summed E-state index contributed by atoms with van der Waals surface area (Å²) >= 11 is 0. The van der Waals surface area contributed by atoms with Gasteiger partial charge in [-0.2, -0.15) is 0 Å². The molecule has 170 valence electrons. The van der Waals surface area contributed by atoms with Crippen LogP contribution in [0.15, 0.2) is 23.5 Å². The summed E-state index contributed by atoms with van der Waals surface area (Å²) in [6, 6.07) is 0. The Hall–Kier alpha value is -1.66. The summed E-state index contributed by atoms with van der Waals surface area (Å²) < 4.78 is 17.1. The fraction of sp³-hybridized carbons (Fsp3) is 0.760. The minimum atomic E-state index is -0.891. The van der Waals surface area contributed by atoms with Crippen molar-refractivity contribution in [2.24, 2.45) is 22.7 Å². The summed E-state index contributed by atoms with van der Waals surface area (Å²) in [6.07, 6.45) is 8.10. The van der Waals surface area contributed by atoms with Gasteiger partial charge in [0.1, 0.15) is 18.0 Å². The average Bonchev–Trinajstić information content (AvgIpc) is 3.03. The maximum absolute atomic E-state index is 12.7. The molecule has 2 aliphatic carbocycles. The molecule has 31 heavy (non-hydrogen) atoms. The molecule has 2 saturated heterocycles. The van der Waals surface area contributed by atoms with Crippen LogP contribution < -0.4 is 0 Å². The Bertz CT molecular complexity index is 902. The Balaban J connectivity index is 1.35. The third kappa shape index (κ3) is 3.05. The number of cyclic esters (lactones) is 1. The van der Waals surface area contributed by atoms with Gasteiger partial charge in [-0.05, 0) is 76.4 Å². The number of hydrogen-bond donors (Lipinski definition) is 1. The van der Waals surface area contributed by atoms with Crippen LogP contribution in [0.2, 0.25) is 0 Å². The minimum absolute atomic E-state index is 0.0654. The number of epoxide rings is 1. The van der Waals surface area contributed by atoms with Gasteiger partial charge in [0.15, 0.2) is 0 Å². The highest BCUT2D eigenvalue weighted by Crippen LogP contribution is 2.66. The van der Waals surface area contributed by atoms with E-state index in [1.165, 1.54) is 6.08 Å². The van der Waals surface area contributed by atoms with Gasteiger partial charge in [-0.25, -0.2) is 4.79 Å². The van der Waals surface area contributed by atoms with Gasteiger partial charge in [0.05, 0.1) is 16.6 Å². The zero-order valence-electron chi connectivity index (χ0n) is 19.2. The van der Waals surface area contributed by atoms with Crippen LogP contribution in [-0.2, 0) is 23.8 Å². The number of rotatable bonds is 4. The molecule has 5 aliphatic rings. The van der Waals surface area contributed by atoms with Crippen LogP contribution in [0.5, 0.6) is 0 Å². The summed E-state index contributed by atoms with van der Waals surface area (Å²) in [5.41, 5.74) is -0.978. The first-order valence-corrected chi connectivity index (χ1v) is 11.6. The van der Waals surface area contributed by atoms with Gasteiger partial charge >= 0.3 is 11.9 Å². The lowest BCUT2D eigenvalue weighted by Crippen LogP contribution is -2.61. The molecule has 4 fully saturated rings. The average molecular weight is 431 g/mol. The van der Waals surface area contributed by atoms with Crippen molar-refractivity contribution in [1.29, 1.82) is 0 Å². The lowest BCUT2D eigenvalue weighted by molar-refractivity contribution is -0.182. The predicted molar refractivity (Wildman–Crippen MR) is 113 cm³/mol. The van der Waals surface area contributed by atoms with E-state index in [1.807, 2.05) is 19.9 Å². The van der Waals surface area contributed by atoms with Crippen LogP contribution in [-0.4, -0.2) is 40.5 Å².